The lowest BCUT2D eigenvalue weighted by Gasteiger charge is -2.12. The zero-order valence-electron chi connectivity index (χ0n) is 13.2. The van der Waals surface area contributed by atoms with Crippen LogP contribution in [0.25, 0.3) is 6.08 Å². The van der Waals surface area contributed by atoms with Gasteiger partial charge in [0.05, 0.1) is 11.2 Å². The fourth-order valence-corrected chi connectivity index (χ4v) is 2.29. The second-order valence-corrected chi connectivity index (χ2v) is 6.55. The van der Waals surface area contributed by atoms with Crippen molar-refractivity contribution in [2.45, 2.75) is 17.9 Å². The standard InChI is InChI=1S/C16H16N2O6S/c1-11(24-15(19)9-6-13-3-2-10-23-13)16(20)18-12-4-7-14(8-5-12)25(17,21)22/h2-11H,1H3,(H,18,20)(H2,17,21,22)/b9-6+/t11-/m0/s1. The van der Waals surface area contributed by atoms with E-state index in [9.17, 15) is 18.0 Å². The van der Waals surface area contributed by atoms with Crippen LogP contribution in [0.5, 0.6) is 0 Å². The largest absolute Gasteiger partial charge is 0.465 e. The van der Waals surface area contributed by atoms with Gasteiger partial charge in [-0.3, -0.25) is 4.79 Å². The first-order valence-electron chi connectivity index (χ1n) is 7.11. The molecule has 0 fully saturated rings. The van der Waals surface area contributed by atoms with Crippen LogP contribution in [-0.2, 0) is 24.3 Å². The molecule has 0 saturated heterocycles. The number of benzene rings is 1. The fraction of sp³-hybridized carbons (Fsp3) is 0.125. The average Bonchev–Trinajstić information content (AvgIpc) is 3.06. The lowest BCUT2D eigenvalue weighted by Crippen LogP contribution is -2.29. The van der Waals surface area contributed by atoms with E-state index in [0.29, 0.717) is 11.4 Å². The Morgan fingerprint density at radius 1 is 1.24 bits per heavy atom. The predicted molar refractivity (Wildman–Crippen MR) is 89.7 cm³/mol. The lowest BCUT2D eigenvalue weighted by atomic mass is 10.3. The Hall–Kier alpha value is -2.91. The van der Waals surface area contributed by atoms with Gasteiger partial charge >= 0.3 is 5.97 Å². The summed E-state index contributed by atoms with van der Waals surface area (Å²) in [5, 5.41) is 7.49. The Kier molecular flexibility index (Phi) is 5.73. The number of ether oxygens (including phenoxy) is 1. The summed E-state index contributed by atoms with van der Waals surface area (Å²) in [5.74, 6) is -0.796. The van der Waals surface area contributed by atoms with Gasteiger partial charge in [-0.05, 0) is 49.4 Å². The molecule has 2 rings (SSSR count). The molecule has 1 aromatic heterocycles. The Morgan fingerprint density at radius 3 is 2.48 bits per heavy atom. The number of hydrogen-bond donors (Lipinski definition) is 2. The van der Waals surface area contributed by atoms with Crippen LogP contribution in [-0.4, -0.2) is 26.4 Å². The van der Waals surface area contributed by atoms with Gasteiger partial charge in [-0.25, -0.2) is 18.4 Å². The summed E-state index contributed by atoms with van der Waals surface area (Å²) in [6.07, 6.45) is 2.97. The molecule has 0 aliphatic carbocycles. The van der Waals surface area contributed by atoms with E-state index in [-0.39, 0.29) is 4.90 Å². The van der Waals surface area contributed by atoms with E-state index < -0.39 is 28.0 Å². The van der Waals surface area contributed by atoms with Gasteiger partial charge in [0, 0.05) is 11.8 Å². The number of nitrogens with one attached hydrogen (secondary N) is 1. The van der Waals surface area contributed by atoms with Crippen LogP contribution in [0.1, 0.15) is 12.7 Å². The first kappa shape index (κ1) is 18.4. The maximum atomic E-state index is 12.0. The van der Waals surface area contributed by atoms with Crippen LogP contribution in [0, 0.1) is 0 Å². The minimum atomic E-state index is -3.80. The fourth-order valence-electron chi connectivity index (χ4n) is 1.78. The third-order valence-electron chi connectivity index (χ3n) is 3.04. The molecule has 1 aromatic carbocycles. The van der Waals surface area contributed by atoms with Gasteiger partial charge in [-0.15, -0.1) is 0 Å². The lowest BCUT2D eigenvalue weighted by molar-refractivity contribution is -0.148. The molecule has 0 radical (unpaired) electrons. The molecule has 0 spiro atoms. The minimum absolute atomic E-state index is 0.0759. The maximum absolute atomic E-state index is 12.0. The van der Waals surface area contributed by atoms with Crippen molar-refractivity contribution in [1.82, 2.24) is 0 Å². The van der Waals surface area contributed by atoms with Gasteiger partial charge in [0.1, 0.15) is 5.76 Å². The van der Waals surface area contributed by atoms with Crippen molar-refractivity contribution in [3.8, 4) is 0 Å². The van der Waals surface area contributed by atoms with Crippen LogP contribution < -0.4 is 10.5 Å². The summed E-state index contributed by atoms with van der Waals surface area (Å²) in [4.78, 5) is 23.6. The van der Waals surface area contributed by atoms with Gasteiger partial charge < -0.3 is 14.5 Å². The number of carbonyl (C=O) groups excluding carboxylic acids is 2. The molecular weight excluding hydrogens is 348 g/mol. The van der Waals surface area contributed by atoms with E-state index in [1.165, 1.54) is 43.5 Å². The molecule has 132 valence electrons. The number of primary sulfonamides is 1. The highest BCUT2D eigenvalue weighted by molar-refractivity contribution is 7.89. The SMILES string of the molecule is C[C@H](OC(=O)/C=C/c1ccco1)C(=O)Nc1ccc(S(N)(=O)=O)cc1. The van der Waals surface area contributed by atoms with Crippen molar-refractivity contribution in [1.29, 1.82) is 0 Å². The van der Waals surface area contributed by atoms with E-state index in [4.69, 9.17) is 14.3 Å². The number of amides is 1. The minimum Gasteiger partial charge on any atom is -0.465 e. The average molecular weight is 364 g/mol. The number of esters is 1. The van der Waals surface area contributed by atoms with Gasteiger partial charge in [-0.1, -0.05) is 0 Å². The molecule has 0 aliphatic rings. The number of sulfonamides is 1. The van der Waals surface area contributed by atoms with Crippen molar-refractivity contribution in [3.05, 3.63) is 54.5 Å². The summed E-state index contributed by atoms with van der Waals surface area (Å²) in [7, 11) is -3.80. The van der Waals surface area contributed by atoms with E-state index in [0.717, 1.165) is 6.08 Å². The number of carbonyl (C=O) groups is 2. The summed E-state index contributed by atoms with van der Waals surface area (Å²) in [6.45, 7) is 1.41. The number of furan rings is 1. The van der Waals surface area contributed by atoms with E-state index >= 15 is 0 Å². The quantitative estimate of drug-likeness (QED) is 0.590. The van der Waals surface area contributed by atoms with Crippen molar-refractivity contribution >= 4 is 33.7 Å². The molecule has 9 heteroatoms. The summed E-state index contributed by atoms with van der Waals surface area (Å²) >= 11 is 0. The number of nitrogens with two attached hydrogens (primary N) is 1. The van der Waals surface area contributed by atoms with Crippen molar-refractivity contribution in [2.24, 2.45) is 5.14 Å². The first-order valence-corrected chi connectivity index (χ1v) is 8.66. The highest BCUT2D eigenvalue weighted by Crippen LogP contribution is 2.13. The van der Waals surface area contributed by atoms with Crippen LogP contribution >= 0.6 is 0 Å². The molecule has 0 unspecified atom stereocenters. The molecule has 2 aromatic rings. The molecule has 1 heterocycles. The second-order valence-electron chi connectivity index (χ2n) is 4.99. The zero-order chi connectivity index (χ0) is 18.4. The predicted octanol–water partition coefficient (Wildman–Crippen LogP) is 1.51. The smallest absolute Gasteiger partial charge is 0.331 e. The van der Waals surface area contributed by atoms with Gasteiger partial charge in [0.25, 0.3) is 5.91 Å². The molecule has 3 N–H and O–H groups in total. The van der Waals surface area contributed by atoms with Crippen molar-refractivity contribution in [3.63, 3.8) is 0 Å². The van der Waals surface area contributed by atoms with Gasteiger partial charge in [-0.2, -0.15) is 0 Å². The van der Waals surface area contributed by atoms with Crippen LogP contribution in [0.15, 0.2) is 58.1 Å². The zero-order valence-corrected chi connectivity index (χ0v) is 14.0. The Bertz CT molecular complexity index is 870. The van der Waals surface area contributed by atoms with E-state index in [2.05, 4.69) is 5.32 Å². The highest BCUT2D eigenvalue weighted by Gasteiger charge is 2.17. The van der Waals surface area contributed by atoms with Crippen LogP contribution in [0.2, 0.25) is 0 Å². The Balaban J connectivity index is 1.90. The van der Waals surface area contributed by atoms with Crippen molar-refractivity contribution < 1.29 is 27.2 Å². The van der Waals surface area contributed by atoms with Crippen molar-refractivity contribution in [2.75, 3.05) is 5.32 Å². The summed E-state index contributed by atoms with van der Waals surface area (Å²) in [5.41, 5.74) is 0.339. The molecular formula is C16H16N2O6S. The van der Waals surface area contributed by atoms with E-state index in [1.807, 2.05) is 0 Å². The summed E-state index contributed by atoms with van der Waals surface area (Å²) < 4.78 is 32.3. The molecule has 8 nitrogen and oxygen atoms in total. The molecule has 1 amide bonds. The monoisotopic (exact) mass is 364 g/mol. The van der Waals surface area contributed by atoms with E-state index in [1.54, 1.807) is 12.1 Å². The molecule has 0 bridgehead atoms. The van der Waals surface area contributed by atoms with Gasteiger partial charge in [0.2, 0.25) is 10.0 Å². The van der Waals surface area contributed by atoms with Crippen LogP contribution in [0.3, 0.4) is 0 Å². The summed E-state index contributed by atoms with van der Waals surface area (Å²) in [6, 6.07) is 8.60. The number of rotatable bonds is 6. The number of anilines is 1. The second kappa shape index (κ2) is 7.77. The molecule has 0 aliphatic heterocycles. The van der Waals surface area contributed by atoms with Crippen LogP contribution in [0.4, 0.5) is 5.69 Å². The molecule has 1 atom stereocenters. The third kappa shape index (κ3) is 5.59. The Morgan fingerprint density at radius 2 is 1.92 bits per heavy atom. The molecule has 25 heavy (non-hydrogen) atoms. The normalized spacial score (nSPS) is 12.7. The Labute approximate surface area is 144 Å². The number of hydrogen-bond acceptors (Lipinski definition) is 6. The third-order valence-corrected chi connectivity index (χ3v) is 3.97. The molecule has 0 saturated carbocycles. The maximum Gasteiger partial charge on any atom is 0.331 e. The van der Waals surface area contributed by atoms with Gasteiger partial charge in [0.15, 0.2) is 6.10 Å². The topological polar surface area (TPSA) is 129 Å². The first-order chi connectivity index (χ1) is 11.8. The highest BCUT2D eigenvalue weighted by atomic mass is 32.2.